The number of rotatable bonds is 11. The zero-order valence-corrected chi connectivity index (χ0v) is 11.8. The molecule has 2 heteroatoms. The van der Waals surface area contributed by atoms with E-state index in [0.29, 0.717) is 0 Å². The molecule has 0 aliphatic carbocycles. The summed E-state index contributed by atoms with van der Waals surface area (Å²) in [6.07, 6.45) is 6.39. The average Bonchev–Trinajstić information content (AvgIpc) is 2.30. The van der Waals surface area contributed by atoms with E-state index in [-0.39, 0.29) is 0 Å². The maximum absolute atomic E-state index is 5.16. The Bertz CT molecular complexity index is 133. The Labute approximate surface area is 102 Å². The first-order valence-corrected chi connectivity index (χ1v) is 6.99. The van der Waals surface area contributed by atoms with Crippen molar-refractivity contribution in [2.24, 2.45) is 5.92 Å². The highest BCUT2D eigenvalue weighted by atomic mass is 16.5. The maximum atomic E-state index is 5.16. The lowest BCUT2D eigenvalue weighted by molar-refractivity contribution is 0.166. The molecule has 0 radical (unpaired) electrons. The van der Waals surface area contributed by atoms with E-state index in [1.165, 1.54) is 51.7 Å². The molecule has 0 heterocycles. The van der Waals surface area contributed by atoms with Crippen LogP contribution in [0.1, 0.15) is 52.9 Å². The first kappa shape index (κ1) is 15.9. The summed E-state index contributed by atoms with van der Waals surface area (Å²) in [6.45, 7) is 11.5. The van der Waals surface area contributed by atoms with Crippen LogP contribution >= 0.6 is 0 Å². The quantitative estimate of drug-likeness (QED) is 0.537. The molecule has 0 spiro atoms. The highest BCUT2D eigenvalue weighted by molar-refractivity contribution is 4.62. The van der Waals surface area contributed by atoms with Crippen LogP contribution in [0.5, 0.6) is 0 Å². The minimum atomic E-state index is 0.844. The fourth-order valence-electron chi connectivity index (χ4n) is 2.17. The normalized spacial score (nSPS) is 13.3. The van der Waals surface area contributed by atoms with E-state index < -0.39 is 0 Å². The largest absolute Gasteiger partial charge is 0.385 e. The highest BCUT2D eigenvalue weighted by Crippen LogP contribution is 2.14. The van der Waals surface area contributed by atoms with Crippen LogP contribution in [0.25, 0.3) is 0 Å². The molecule has 98 valence electrons. The summed E-state index contributed by atoms with van der Waals surface area (Å²) in [5.41, 5.74) is 0. The minimum absolute atomic E-state index is 0.844. The Morgan fingerprint density at radius 3 is 2.00 bits per heavy atom. The molecule has 1 atom stereocenters. The van der Waals surface area contributed by atoms with E-state index in [1.54, 1.807) is 7.11 Å². The minimum Gasteiger partial charge on any atom is -0.385 e. The summed E-state index contributed by atoms with van der Waals surface area (Å²) < 4.78 is 5.16. The molecule has 16 heavy (non-hydrogen) atoms. The van der Waals surface area contributed by atoms with E-state index in [9.17, 15) is 0 Å². The third-order valence-corrected chi connectivity index (χ3v) is 3.24. The monoisotopic (exact) mass is 229 g/mol. The zero-order valence-electron chi connectivity index (χ0n) is 11.8. The summed E-state index contributed by atoms with van der Waals surface area (Å²) in [6, 6.07) is 0. The van der Waals surface area contributed by atoms with E-state index in [4.69, 9.17) is 4.74 Å². The van der Waals surface area contributed by atoms with Crippen molar-refractivity contribution in [3.63, 3.8) is 0 Å². The van der Waals surface area contributed by atoms with E-state index in [1.807, 2.05) is 0 Å². The fourth-order valence-corrected chi connectivity index (χ4v) is 2.17. The first-order chi connectivity index (χ1) is 7.78. The summed E-state index contributed by atoms with van der Waals surface area (Å²) in [5.74, 6) is 0.844. The van der Waals surface area contributed by atoms with Crippen LogP contribution in [0.4, 0.5) is 0 Å². The number of nitrogens with zero attached hydrogens (tertiary/aromatic N) is 1. The molecule has 0 N–H and O–H groups in total. The Morgan fingerprint density at radius 1 is 0.938 bits per heavy atom. The Kier molecular flexibility index (Phi) is 11.3. The van der Waals surface area contributed by atoms with Crippen LogP contribution in [0.2, 0.25) is 0 Å². The molecule has 0 aliphatic heterocycles. The van der Waals surface area contributed by atoms with Crippen LogP contribution < -0.4 is 0 Å². The highest BCUT2D eigenvalue weighted by Gasteiger charge is 2.09. The van der Waals surface area contributed by atoms with Crippen molar-refractivity contribution in [2.75, 3.05) is 33.4 Å². The molecular weight excluding hydrogens is 198 g/mol. The van der Waals surface area contributed by atoms with Gasteiger partial charge in [0.1, 0.15) is 0 Å². The van der Waals surface area contributed by atoms with Crippen LogP contribution in [0, 0.1) is 5.92 Å². The fraction of sp³-hybridized carbons (Fsp3) is 1.00. The van der Waals surface area contributed by atoms with Crippen molar-refractivity contribution in [1.29, 1.82) is 0 Å². The Hall–Kier alpha value is -0.0800. The predicted octanol–water partition coefficient (Wildman–Crippen LogP) is 3.56. The lowest BCUT2D eigenvalue weighted by Crippen LogP contribution is -2.28. The summed E-state index contributed by atoms with van der Waals surface area (Å²) in [5, 5.41) is 0. The summed E-state index contributed by atoms with van der Waals surface area (Å²) >= 11 is 0. The number of ether oxygens (including phenoxy) is 1. The SMILES string of the molecule is CCCN(CCC)CCC(CC)CCOC. The third kappa shape index (κ3) is 8.12. The molecule has 0 saturated heterocycles. The van der Waals surface area contributed by atoms with Gasteiger partial charge in [0.2, 0.25) is 0 Å². The van der Waals surface area contributed by atoms with Gasteiger partial charge in [-0.2, -0.15) is 0 Å². The van der Waals surface area contributed by atoms with Crippen molar-refractivity contribution in [1.82, 2.24) is 4.90 Å². The van der Waals surface area contributed by atoms with Crippen LogP contribution in [-0.2, 0) is 4.74 Å². The molecule has 0 aromatic carbocycles. The Morgan fingerprint density at radius 2 is 1.56 bits per heavy atom. The molecule has 0 fully saturated rings. The van der Waals surface area contributed by atoms with Gasteiger partial charge in [0.05, 0.1) is 0 Å². The summed E-state index contributed by atoms with van der Waals surface area (Å²) in [7, 11) is 1.80. The van der Waals surface area contributed by atoms with Crippen molar-refractivity contribution in [3.05, 3.63) is 0 Å². The molecule has 2 nitrogen and oxygen atoms in total. The predicted molar refractivity (Wildman–Crippen MR) is 71.9 cm³/mol. The van der Waals surface area contributed by atoms with Crippen molar-refractivity contribution < 1.29 is 4.74 Å². The van der Waals surface area contributed by atoms with Gasteiger partial charge in [0.25, 0.3) is 0 Å². The van der Waals surface area contributed by atoms with Gasteiger partial charge in [-0.05, 0) is 51.2 Å². The van der Waals surface area contributed by atoms with Crippen LogP contribution in [-0.4, -0.2) is 38.3 Å². The molecule has 0 aromatic heterocycles. The number of methoxy groups -OCH3 is 1. The van der Waals surface area contributed by atoms with E-state index in [0.717, 1.165) is 12.5 Å². The van der Waals surface area contributed by atoms with Gasteiger partial charge in [-0.15, -0.1) is 0 Å². The molecule has 0 aliphatic rings. The van der Waals surface area contributed by atoms with Gasteiger partial charge >= 0.3 is 0 Å². The van der Waals surface area contributed by atoms with Gasteiger partial charge < -0.3 is 9.64 Å². The first-order valence-electron chi connectivity index (χ1n) is 6.99. The smallest absolute Gasteiger partial charge is 0.0464 e. The molecule has 0 saturated carbocycles. The average molecular weight is 229 g/mol. The lowest BCUT2D eigenvalue weighted by atomic mass is 9.98. The van der Waals surface area contributed by atoms with Gasteiger partial charge in [0, 0.05) is 13.7 Å². The number of hydrogen-bond donors (Lipinski definition) is 0. The lowest BCUT2D eigenvalue weighted by Gasteiger charge is -2.23. The number of hydrogen-bond acceptors (Lipinski definition) is 2. The molecule has 0 bridgehead atoms. The standard InChI is InChI=1S/C14H31NO/c1-5-10-15(11-6-2)12-8-14(7-3)9-13-16-4/h14H,5-13H2,1-4H3. The van der Waals surface area contributed by atoms with Crippen molar-refractivity contribution in [3.8, 4) is 0 Å². The second kappa shape index (κ2) is 11.4. The molecular formula is C14H31NO. The van der Waals surface area contributed by atoms with E-state index in [2.05, 4.69) is 25.7 Å². The van der Waals surface area contributed by atoms with Crippen molar-refractivity contribution in [2.45, 2.75) is 52.9 Å². The summed E-state index contributed by atoms with van der Waals surface area (Å²) in [4.78, 5) is 2.61. The molecule has 0 aromatic rings. The van der Waals surface area contributed by atoms with Crippen LogP contribution in [0.3, 0.4) is 0 Å². The van der Waals surface area contributed by atoms with Gasteiger partial charge in [-0.25, -0.2) is 0 Å². The van der Waals surface area contributed by atoms with Crippen LogP contribution in [0.15, 0.2) is 0 Å². The second-order valence-electron chi connectivity index (χ2n) is 4.69. The van der Waals surface area contributed by atoms with Gasteiger partial charge in [-0.3, -0.25) is 0 Å². The zero-order chi connectivity index (χ0) is 12.2. The second-order valence-corrected chi connectivity index (χ2v) is 4.69. The molecule has 0 amide bonds. The third-order valence-electron chi connectivity index (χ3n) is 3.24. The van der Waals surface area contributed by atoms with E-state index >= 15 is 0 Å². The Balaban J connectivity index is 3.76. The topological polar surface area (TPSA) is 12.5 Å². The molecule has 0 rings (SSSR count). The molecule has 1 unspecified atom stereocenters. The van der Waals surface area contributed by atoms with Gasteiger partial charge in [-0.1, -0.05) is 27.2 Å². The van der Waals surface area contributed by atoms with Gasteiger partial charge in [0.15, 0.2) is 0 Å². The maximum Gasteiger partial charge on any atom is 0.0464 e. The van der Waals surface area contributed by atoms with Crippen molar-refractivity contribution >= 4 is 0 Å².